The van der Waals surface area contributed by atoms with E-state index in [4.69, 9.17) is 10.8 Å². The van der Waals surface area contributed by atoms with E-state index in [0.29, 0.717) is 6.29 Å². The number of nitrogens with zero attached hydrogens (tertiary/aromatic N) is 1. The monoisotopic (exact) mass is 377 g/mol. The van der Waals surface area contributed by atoms with Gasteiger partial charge < -0.3 is 25.9 Å². The van der Waals surface area contributed by atoms with Gasteiger partial charge in [-0.1, -0.05) is 44.2 Å². The molecule has 2 amide bonds. The van der Waals surface area contributed by atoms with E-state index in [0.717, 1.165) is 5.56 Å². The Morgan fingerprint density at radius 1 is 1.22 bits per heavy atom. The summed E-state index contributed by atoms with van der Waals surface area (Å²) in [5.41, 5.74) is 6.41. The van der Waals surface area contributed by atoms with Crippen LogP contribution in [0.3, 0.4) is 0 Å². The molecule has 0 aromatic heterocycles. The van der Waals surface area contributed by atoms with E-state index in [1.165, 1.54) is 11.9 Å². The maximum atomic E-state index is 12.9. The average Bonchev–Trinajstić information content (AvgIpc) is 2.60. The third-order valence-electron chi connectivity index (χ3n) is 4.25. The number of rotatable bonds is 10. The quantitative estimate of drug-likeness (QED) is 0.499. The number of carbonyl (C=O) groups excluding carboxylic acids is 3. The van der Waals surface area contributed by atoms with Gasteiger partial charge in [-0.05, 0) is 11.5 Å². The first-order chi connectivity index (χ1) is 12.7. The van der Waals surface area contributed by atoms with Crippen LogP contribution in [0.5, 0.6) is 0 Å². The molecule has 4 N–H and O–H groups in total. The summed E-state index contributed by atoms with van der Waals surface area (Å²) < 4.78 is 0. The third-order valence-corrected chi connectivity index (χ3v) is 4.25. The Bertz CT molecular complexity index is 663. The van der Waals surface area contributed by atoms with Crippen molar-refractivity contribution < 1.29 is 24.3 Å². The van der Waals surface area contributed by atoms with Gasteiger partial charge in [0.15, 0.2) is 0 Å². The fourth-order valence-corrected chi connectivity index (χ4v) is 2.70. The van der Waals surface area contributed by atoms with Crippen LogP contribution in [0.2, 0.25) is 0 Å². The predicted molar refractivity (Wildman–Crippen MR) is 99.8 cm³/mol. The molecule has 0 fully saturated rings. The number of nitrogens with one attached hydrogen (secondary N) is 1. The Morgan fingerprint density at radius 3 is 2.30 bits per heavy atom. The summed E-state index contributed by atoms with van der Waals surface area (Å²) in [7, 11) is 1.50. The number of hydrogen-bond acceptors (Lipinski definition) is 5. The maximum Gasteiger partial charge on any atom is 0.305 e. The Morgan fingerprint density at radius 2 is 1.81 bits per heavy atom. The molecule has 0 aliphatic rings. The Kier molecular flexibility index (Phi) is 8.61. The van der Waals surface area contributed by atoms with E-state index in [1.54, 1.807) is 12.1 Å². The standard InChI is InChI=1S/C19H27N3O5/c1-12(2)16(11-23)22(3)19(27)15(9-13-7-5-4-6-8-13)21-18(26)14(20)10-17(24)25/h4-8,11-12,14-16H,9-10,20H2,1-3H3,(H,21,26)(H,24,25)/t14-,15-,16-/m1/s1. The fraction of sp³-hybridized carbons (Fsp3) is 0.474. The zero-order valence-corrected chi connectivity index (χ0v) is 15.8. The van der Waals surface area contributed by atoms with Crippen LogP contribution in [0, 0.1) is 5.92 Å². The molecule has 0 bridgehead atoms. The molecule has 0 aliphatic heterocycles. The lowest BCUT2D eigenvalue weighted by atomic mass is 10.0. The maximum absolute atomic E-state index is 12.9. The smallest absolute Gasteiger partial charge is 0.305 e. The topological polar surface area (TPSA) is 130 Å². The van der Waals surface area contributed by atoms with Crippen molar-refractivity contribution in [3.63, 3.8) is 0 Å². The van der Waals surface area contributed by atoms with Gasteiger partial charge in [0, 0.05) is 13.5 Å². The Hall–Kier alpha value is -2.74. The van der Waals surface area contributed by atoms with Crippen LogP contribution in [0.25, 0.3) is 0 Å². The SMILES string of the molecule is CC(C)[C@@H](C=O)N(C)C(=O)[C@@H](Cc1ccccc1)NC(=O)[C@H](N)CC(=O)O. The number of nitrogens with two attached hydrogens (primary N) is 1. The summed E-state index contributed by atoms with van der Waals surface area (Å²) in [5.74, 6) is -2.48. The molecule has 0 radical (unpaired) electrons. The van der Waals surface area contributed by atoms with Gasteiger partial charge in [0.2, 0.25) is 11.8 Å². The lowest BCUT2D eigenvalue weighted by Gasteiger charge is -2.31. The van der Waals surface area contributed by atoms with Crippen molar-refractivity contribution in [2.75, 3.05) is 7.05 Å². The van der Waals surface area contributed by atoms with E-state index < -0.39 is 42.3 Å². The molecule has 1 rings (SSSR count). The normalized spacial score (nSPS) is 14.1. The fourth-order valence-electron chi connectivity index (χ4n) is 2.70. The summed E-state index contributed by atoms with van der Waals surface area (Å²) >= 11 is 0. The van der Waals surface area contributed by atoms with Gasteiger partial charge in [0.25, 0.3) is 0 Å². The number of hydrogen-bond donors (Lipinski definition) is 3. The van der Waals surface area contributed by atoms with E-state index in [2.05, 4.69) is 5.32 Å². The summed E-state index contributed by atoms with van der Waals surface area (Å²) in [6, 6.07) is 6.18. The molecule has 0 unspecified atom stereocenters. The molecule has 0 saturated heterocycles. The van der Waals surface area contributed by atoms with Crippen molar-refractivity contribution >= 4 is 24.1 Å². The molecule has 1 aromatic carbocycles. The summed E-state index contributed by atoms with van der Waals surface area (Å²) in [4.78, 5) is 48.6. The molecule has 0 heterocycles. The van der Waals surface area contributed by atoms with Crippen LogP contribution in [0.1, 0.15) is 25.8 Å². The molecule has 0 spiro atoms. The van der Waals surface area contributed by atoms with Crippen molar-refractivity contribution in [3.8, 4) is 0 Å². The lowest BCUT2D eigenvalue weighted by Crippen LogP contribution is -2.55. The number of benzene rings is 1. The number of aliphatic carboxylic acids is 1. The highest BCUT2D eigenvalue weighted by Crippen LogP contribution is 2.12. The van der Waals surface area contributed by atoms with Crippen LogP contribution in [-0.2, 0) is 25.6 Å². The molecular formula is C19H27N3O5. The van der Waals surface area contributed by atoms with Crippen molar-refractivity contribution in [1.82, 2.24) is 10.2 Å². The zero-order valence-electron chi connectivity index (χ0n) is 15.8. The van der Waals surface area contributed by atoms with Gasteiger partial charge in [0.1, 0.15) is 12.3 Å². The van der Waals surface area contributed by atoms with E-state index in [-0.39, 0.29) is 12.3 Å². The molecule has 1 aromatic rings. The van der Waals surface area contributed by atoms with Crippen LogP contribution in [-0.4, -0.2) is 59.2 Å². The average molecular weight is 377 g/mol. The molecular weight excluding hydrogens is 350 g/mol. The Balaban J connectivity index is 3.02. The highest BCUT2D eigenvalue weighted by molar-refractivity contribution is 5.92. The minimum Gasteiger partial charge on any atom is -0.481 e. The summed E-state index contributed by atoms with van der Waals surface area (Å²) in [6.45, 7) is 3.63. The molecule has 0 saturated carbocycles. The number of carboxylic acid groups (broad SMARTS) is 1. The van der Waals surface area contributed by atoms with Crippen molar-refractivity contribution in [1.29, 1.82) is 0 Å². The van der Waals surface area contributed by atoms with Gasteiger partial charge in [-0.3, -0.25) is 14.4 Å². The summed E-state index contributed by atoms with van der Waals surface area (Å²) in [6.07, 6.45) is 0.343. The molecule has 0 aliphatic carbocycles. The second-order valence-electron chi connectivity index (χ2n) is 6.78. The number of likely N-dealkylation sites (N-methyl/N-ethyl adjacent to an activating group) is 1. The number of carbonyl (C=O) groups is 4. The van der Waals surface area contributed by atoms with Crippen LogP contribution < -0.4 is 11.1 Å². The van der Waals surface area contributed by atoms with Gasteiger partial charge in [0.05, 0.1) is 18.5 Å². The minimum absolute atomic E-state index is 0.0983. The van der Waals surface area contributed by atoms with Crippen molar-refractivity contribution in [3.05, 3.63) is 35.9 Å². The molecule has 8 heteroatoms. The molecule has 8 nitrogen and oxygen atoms in total. The van der Waals surface area contributed by atoms with Gasteiger partial charge in [-0.25, -0.2) is 0 Å². The predicted octanol–water partition coefficient (Wildman–Crippen LogP) is 0.198. The van der Waals surface area contributed by atoms with Crippen LogP contribution in [0.4, 0.5) is 0 Å². The lowest BCUT2D eigenvalue weighted by molar-refractivity contribution is -0.141. The van der Waals surface area contributed by atoms with Crippen LogP contribution >= 0.6 is 0 Å². The molecule has 3 atom stereocenters. The first-order valence-electron chi connectivity index (χ1n) is 8.71. The molecule has 148 valence electrons. The van der Waals surface area contributed by atoms with Crippen LogP contribution in [0.15, 0.2) is 30.3 Å². The second kappa shape index (κ2) is 10.4. The Labute approximate surface area is 158 Å². The van der Waals surface area contributed by atoms with E-state index >= 15 is 0 Å². The summed E-state index contributed by atoms with van der Waals surface area (Å²) in [5, 5.41) is 11.3. The van der Waals surface area contributed by atoms with Gasteiger partial charge >= 0.3 is 5.97 Å². The number of carboxylic acids is 1. The van der Waals surface area contributed by atoms with Gasteiger partial charge in [-0.15, -0.1) is 0 Å². The van der Waals surface area contributed by atoms with E-state index in [1.807, 2.05) is 32.0 Å². The van der Waals surface area contributed by atoms with Crippen molar-refractivity contribution in [2.45, 2.75) is 44.8 Å². The van der Waals surface area contributed by atoms with Gasteiger partial charge in [-0.2, -0.15) is 0 Å². The zero-order chi connectivity index (χ0) is 20.6. The first-order valence-corrected chi connectivity index (χ1v) is 8.71. The van der Waals surface area contributed by atoms with E-state index in [9.17, 15) is 19.2 Å². The highest BCUT2D eigenvalue weighted by atomic mass is 16.4. The highest BCUT2D eigenvalue weighted by Gasteiger charge is 2.31. The van der Waals surface area contributed by atoms with Crippen molar-refractivity contribution in [2.24, 2.45) is 11.7 Å². The third kappa shape index (κ3) is 6.82. The minimum atomic E-state index is -1.27. The second-order valence-corrected chi connectivity index (χ2v) is 6.78. The number of aldehydes is 1. The number of amides is 2. The largest absolute Gasteiger partial charge is 0.481 e. The molecule has 27 heavy (non-hydrogen) atoms. The first kappa shape index (κ1) is 22.3.